The number of anilines is 1. The number of benzene rings is 3. The first-order valence-corrected chi connectivity index (χ1v) is 13.6. The first-order valence-electron chi connectivity index (χ1n) is 13.6. The largest absolute Gasteiger partial charge is 0.461 e. The number of nitrogens with zero attached hydrogens (tertiary/aromatic N) is 4. The van der Waals surface area contributed by atoms with Gasteiger partial charge in [-0.3, -0.25) is 4.79 Å². The molecule has 39 heavy (non-hydrogen) atoms. The average Bonchev–Trinajstić information content (AvgIpc) is 3.52. The summed E-state index contributed by atoms with van der Waals surface area (Å²) in [5.41, 5.74) is 4.83. The van der Waals surface area contributed by atoms with Crippen molar-refractivity contribution in [2.45, 2.75) is 12.8 Å². The lowest BCUT2D eigenvalue weighted by Crippen LogP contribution is -2.54. The van der Waals surface area contributed by atoms with Crippen LogP contribution >= 0.6 is 0 Å². The maximum atomic E-state index is 14.0. The Morgan fingerprint density at radius 2 is 1.72 bits per heavy atom. The van der Waals surface area contributed by atoms with E-state index in [1.54, 1.807) is 6.26 Å². The summed E-state index contributed by atoms with van der Waals surface area (Å²) in [7, 11) is 0. The molecule has 1 amide bonds. The molecule has 7 nitrogen and oxygen atoms in total. The fourth-order valence-corrected chi connectivity index (χ4v) is 6.21. The first kappa shape index (κ1) is 23.7. The van der Waals surface area contributed by atoms with E-state index >= 15 is 0 Å². The van der Waals surface area contributed by atoms with E-state index in [9.17, 15) is 4.79 Å². The molecule has 0 radical (unpaired) electrons. The van der Waals surface area contributed by atoms with Gasteiger partial charge in [0.2, 0.25) is 12.7 Å². The number of ether oxygens (including phenoxy) is 2. The number of carbonyl (C=O) groups is 1. The van der Waals surface area contributed by atoms with E-state index in [1.165, 1.54) is 5.56 Å². The Labute approximate surface area is 227 Å². The fraction of sp³-hybridized carbons (Fsp3) is 0.281. The quantitative estimate of drug-likeness (QED) is 0.365. The fourth-order valence-electron chi connectivity index (χ4n) is 6.21. The van der Waals surface area contributed by atoms with Gasteiger partial charge < -0.3 is 19.3 Å². The molecule has 2 saturated heterocycles. The summed E-state index contributed by atoms with van der Waals surface area (Å²) >= 11 is 0. The van der Waals surface area contributed by atoms with Gasteiger partial charge in [-0.1, -0.05) is 54.6 Å². The zero-order valence-electron chi connectivity index (χ0n) is 21.7. The Kier molecular flexibility index (Phi) is 6.11. The van der Waals surface area contributed by atoms with Crippen molar-refractivity contribution in [3.05, 3.63) is 108 Å². The molecule has 2 unspecified atom stereocenters. The molecule has 2 bridgehead atoms. The topological polar surface area (TPSA) is 67.8 Å². The zero-order valence-corrected chi connectivity index (χ0v) is 21.7. The number of aromatic nitrogens is 2. The summed E-state index contributed by atoms with van der Waals surface area (Å²) in [5.74, 6) is 2.38. The lowest BCUT2D eigenvalue weighted by atomic mass is 9.84. The summed E-state index contributed by atoms with van der Waals surface area (Å²) in [6.07, 6.45) is 5.36. The number of hydrogen-bond acceptors (Lipinski definition) is 6. The van der Waals surface area contributed by atoms with Gasteiger partial charge in [-0.25, -0.2) is 9.97 Å². The van der Waals surface area contributed by atoms with Crippen LogP contribution in [-0.4, -0.2) is 53.7 Å². The van der Waals surface area contributed by atoms with Gasteiger partial charge >= 0.3 is 0 Å². The molecule has 1 aromatic heterocycles. The van der Waals surface area contributed by atoms with Crippen molar-refractivity contribution in [2.75, 3.05) is 37.9 Å². The highest BCUT2D eigenvalue weighted by Crippen LogP contribution is 2.33. The number of rotatable bonds is 5. The second-order valence-corrected chi connectivity index (χ2v) is 10.8. The molecule has 7 rings (SSSR count). The normalized spacial score (nSPS) is 20.4. The van der Waals surface area contributed by atoms with Gasteiger partial charge in [0.1, 0.15) is 6.26 Å². The van der Waals surface area contributed by atoms with E-state index in [1.807, 2.05) is 60.8 Å². The second-order valence-electron chi connectivity index (χ2n) is 10.8. The van der Waals surface area contributed by atoms with Crippen molar-refractivity contribution in [2.24, 2.45) is 11.8 Å². The molecular formula is C32H30N4O3. The Hall–Kier alpha value is -4.39. The van der Waals surface area contributed by atoms with Gasteiger partial charge in [-0.05, 0) is 54.0 Å². The molecule has 0 spiro atoms. The lowest BCUT2D eigenvalue weighted by Gasteiger charge is -2.46. The number of amides is 1. The molecule has 3 aliphatic rings. The Morgan fingerprint density at radius 1 is 0.923 bits per heavy atom. The highest BCUT2D eigenvalue weighted by atomic mass is 16.7. The zero-order chi connectivity index (χ0) is 26.2. The Morgan fingerprint density at radius 3 is 2.51 bits per heavy atom. The van der Waals surface area contributed by atoms with Gasteiger partial charge in [-0.15, -0.1) is 0 Å². The van der Waals surface area contributed by atoms with Crippen LogP contribution in [0.15, 0.2) is 85.3 Å². The van der Waals surface area contributed by atoms with Crippen LogP contribution in [0, 0.1) is 11.8 Å². The molecule has 2 fully saturated rings. The molecule has 3 aromatic carbocycles. The number of carbonyl (C=O) groups excluding carboxylic acids is 1. The number of piperidine rings is 2. The maximum absolute atomic E-state index is 14.0. The van der Waals surface area contributed by atoms with Crippen molar-refractivity contribution >= 4 is 28.5 Å². The van der Waals surface area contributed by atoms with Crippen LogP contribution in [0.3, 0.4) is 0 Å². The van der Waals surface area contributed by atoms with E-state index < -0.39 is 0 Å². The summed E-state index contributed by atoms with van der Waals surface area (Å²) in [6, 6.07) is 24.4. The summed E-state index contributed by atoms with van der Waals surface area (Å²) in [5, 5.41) is 1.05. The number of hydrogen-bond donors (Lipinski definition) is 0. The Balaban J connectivity index is 1.12. The van der Waals surface area contributed by atoms with E-state index in [4.69, 9.17) is 14.5 Å². The highest BCUT2D eigenvalue weighted by Gasteiger charge is 2.37. The maximum Gasteiger partial charge on any atom is 0.254 e. The third-order valence-electron chi connectivity index (χ3n) is 7.96. The van der Waals surface area contributed by atoms with E-state index in [0.29, 0.717) is 24.0 Å². The van der Waals surface area contributed by atoms with Gasteiger partial charge in [0.15, 0.2) is 5.76 Å². The van der Waals surface area contributed by atoms with Crippen LogP contribution in [0.1, 0.15) is 33.5 Å². The van der Waals surface area contributed by atoms with Gasteiger partial charge in [-0.2, -0.15) is 0 Å². The molecule has 196 valence electrons. The van der Waals surface area contributed by atoms with Crippen molar-refractivity contribution < 1.29 is 14.3 Å². The van der Waals surface area contributed by atoms with Gasteiger partial charge in [0, 0.05) is 48.9 Å². The molecule has 0 N–H and O–H groups in total. The van der Waals surface area contributed by atoms with Crippen molar-refractivity contribution in [3.63, 3.8) is 0 Å². The molecule has 4 aromatic rings. The highest BCUT2D eigenvalue weighted by molar-refractivity contribution is 5.96. The summed E-state index contributed by atoms with van der Waals surface area (Å²) < 4.78 is 10.9. The minimum atomic E-state index is 0.107. The molecule has 3 aliphatic heterocycles. The van der Waals surface area contributed by atoms with E-state index in [-0.39, 0.29) is 12.7 Å². The van der Waals surface area contributed by atoms with Gasteiger partial charge in [0.05, 0.1) is 5.52 Å². The number of likely N-dealkylation sites (tertiary alicyclic amines) is 1. The standard InChI is InChI=1S/C32H30N4O3/c37-31(28-11-10-25(30-20-38-21-39-30)14-27(28)13-22-6-2-1-3-7-22)35-16-23-12-24(17-35)19-36(18-23)32-33-15-26-8-4-5-9-29(26)34-32/h1-11,14-15,20,23-24H,12-13,16-19,21H2. The van der Waals surface area contributed by atoms with Crippen LogP contribution in [0.25, 0.3) is 16.7 Å². The second kappa shape index (κ2) is 10.1. The third-order valence-corrected chi connectivity index (χ3v) is 7.96. The molecule has 0 aliphatic carbocycles. The van der Waals surface area contributed by atoms with E-state index in [0.717, 1.165) is 66.1 Å². The summed E-state index contributed by atoms with van der Waals surface area (Å²) in [4.78, 5) is 27.9. The SMILES string of the molecule is O=C(c1ccc(C2=COCO2)cc1Cc1ccccc1)N1CC2CC(C1)CN(c1ncc3ccccc3n1)C2. The first-order chi connectivity index (χ1) is 19.2. The molecule has 0 saturated carbocycles. The molecule has 4 heterocycles. The molecule has 2 atom stereocenters. The van der Waals surface area contributed by atoms with Crippen LogP contribution in [-0.2, 0) is 15.9 Å². The van der Waals surface area contributed by atoms with Gasteiger partial charge in [0.25, 0.3) is 5.91 Å². The van der Waals surface area contributed by atoms with Crippen molar-refractivity contribution in [1.82, 2.24) is 14.9 Å². The van der Waals surface area contributed by atoms with Crippen LogP contribution < -0.4 is 4.90 Å². The van der Waals surface area contributed by atoms with Crippen LogP contribution in [0.5, 0.6) is 0 Å². The van der Waals surface area contributed by atoms with E-state index in [2.05, 4.69) is 33.0 Å². The minimum absolute atomic E-state index is 0.107. The van der Waals surface area contributed by atoms with Crippen LogP contribution in [0.2, 0.25) is 0 Å². The number of para-hydroxylation sites is 1. The third kappa shape index (κ3) is 4.80. The monoisotopic (exact) mass is 518 g/mol. The smallest absolute Gasteiger partial charge is 0.254 e. The van der Waals surface area contributed by atoms with Crippen LogP contribution in [0.4, 0.5) is 5.95 Å². The minimum Gasteiger partial charge on any atom is -0.461 e. The Bertz CT molecular complexity index is 1540. The van der Waals surface area contributed by atoms with Crippen molar-refractivity contribution in [3.8, 4) is 0 Å². The van der Waals surface area contributed by atoms with Crippen molar-refractivity contribution in [1.29, 1.82) is 0 Å². The predicted octanol–water partition coefficient (Wildman–Crippen LogP) is 5.12. The molecular weight excluding hydrogens is 488 g/mol. The molecule has 7 heteroatoms. The predicted molar refractivity (Wildman–Crippen MR) is 150 cm³/mol. The average molecular weight is 519 g/mol. The summed E-state index contributed by atoms with van der Waals surface area (Å²) in [6.45, 7) is 3.43. The number of fused-ring (bicyclic) bond motifs is 3. The lowest BCUT2D eigenvalue weighted by molar-refractivity contribution is 0.0562.